The maximum absolute atomic E-state index is 5.59. The van der Waals surface area contributed by atoms with Crippen LogP contribution in [0.5, 0.6) is 0 Å². The Morgan fingerprint density at radius 1 is 1.40 bits per heavy atom. The van der Waals surface area contributed by atoms with Crippen molar-refractivity contribution in [1.82, 2.24) is 10.3 Å². The number of anilines is 1. The third-order valence-electron chi connectivity index (χ3n) is 3.68. The molecular weight excluding hydrogens is 250 g/mol. The van der Waals surface area contributed by atoms with Crippen LogP contribution < -0.4 is 10.2 Å². The van der Waals surface area contributed by atoms with Gasteiger partial charge in [-0.2, -0.15) is 0 Å². The van der Waals surface area contributed by atoms with E-state index in [-0.39, 0.29) is 5.54 Å². The summed E-state index contributed by atoms with van der Waals surface area (Å²) in [7, 11) is 0. The SMILES string of the molecule is CCCNCc1cc(C)nc(N2CCOCC2(C)C)c1. The molecule has 0 spiro atoms. The number of nitrogens with zero attached hydrogens (tertiary/aromatic N) is 2. The fourth-order valence-corrected chi connectivity index (χ4v) is 2.65. The van der Waals surface area contributed by atoms with Gasteiger partial charge in [0.05, 0.1) is 18.8 Å². The second kappa shape index (κ2) is 6.55. The van der Waals surface area contributed by atoms with Crippen LogP contribution in [0.4, 0.5) is 5.82 Å². The first-order valence-electron chi connectivity index (χ1n) is 7.56. The van der Waals surface area contributed by atoms with Gasteiger partial charge in [0.15, 0.2) is 0 Å². The second-order valence-corrected chi connectivity index (χ2v) is 6.17. The van der Waals surface area contributed by atoms with Crippen molar-refractivity contribution in [2.24, 2.45) is 0 Å². The lowest BCUT2D eigenvalue weighted by Crippen LogP contribution is -2.53. The van der Waals surface area contributed by atoms with Crippen molar-refractivity contribution in [3.8, 4) is 0 Å². The fraction of sp³-hybridized carbons (Fsp3) is 0.688. The number of hydrogen-bond donors (Lipinski definition) is 1. The molecule has 20 heavy (non-hydrogen) atoms. The van der Waals surface area contributed by atoms with Gasteiger partial charge >= 0.3 is 0 Å². The number of nitrogens with one attached hydrogen (secondary N) is 1. The van der Waals surface area contributed by atoms with Crippen LogP contribution in [-0.2, 0) is 11.3 Å². The van der Waals surface area contributed by atoms with Crippen molar-refractivity contribution in [3.05, 3.63) is 23.4 Å². The smallest absolute Gasteiger partial charge is 0.129 e. The van der Waals surface area contributed by atoms with E-state index in [1.807, 2.05) is 0 Å². The predicted octanol–water partition coefficient (Wildman–Crippen LogP) is 2.50. The molecule has 112 valence electrons. The largest absolute Gasteiger partial charge is 0.377 e. The van der Waals surface area contributed by atoms with Gasteiger partial charge in [-0.15, -0.1) is 0 Å². The number of aromatic nitrogens is 1. The molecule has 0 unspecified atom stereocenters. The average molecular weight is 277 g/mol. The van der Waals surface area contributed by atoms with Gasteiger partial charge in [-0.05, 0) is 51.4 Å². The van der Waals surface area contributed by atoms with E-state index in [1.54, 1.807) is 0 Å². The zero-order chi connectivity index (χ0) is 14.6. The van der Waals surface area contributed by atoms with Gasteiger partial charge < -0.3 is 15.0 Å². The Morgan fingerprint density at radius 2 is 2.20 bits per heavy atom. The molecule has 0 aliphatic carbocycles. The van der Waals surface area contributed by atoms with E-state index in [4.69, 9.17) is 9.72 Å². The topological polar surface area (TPSA) is 37.4 Å². The number of hydrogen-bond acceptors (Lipinski definition) is 4. The lowest BCUT2D eigenvalue weighted by Gasteiger charge is -2.43. The molecular formula is C16H27N3O. The normalized spacial score (nSPS) is 18.3. The number of ether oxygens (including phenoxy) is 1. The molecule has 1 aromatic heterocycles. The van der Waals surface area contributed by atoms with E-state index in [0.29, 0.717) is 0 Å². The Hall–Kier alpha value is -1.13. The first-order chi connectivity index (χ1) is 9.53. The lowest BCUT2D eigenvalue weighted by molar-refractivity contribution is 0.0639. The molecule has 4 nitrogen and oxygen atoms in total. The molecule has 1 aliphatic heterocycles. The number of aryl methyl sites for hydroxylation is 1. The van der Waals surface area contributed by atoms with Crippen molar-refractivity contribution in [1.29, 1.82) is 0 Å². The van der Waals surface area contributed by atoms with Crippen LogP contribution in [0, 0.1) is 6.92 Å². The summed E-state index contributed by atoms with van der Waals surface area (Å²) >= 11 is 0. The molecule has 2 heterocycles. The van der Waals surface area contributed by atoms with Crippen molar-refractivity contribution in [2.45, 2.75) is 46.2 Å². The Labute approximate surface area is 122 Å². The Morgan fingerprint density at radius 3 is 2.90 bits per heavy atom. The Bertz CT molecular complexity index is 445. The summed E-state index contributed by atoms with van der Waals surface area (Å²) in [5, 5.41) is 3.46. The van der Waals surface area contributed by atoms with Crippen molar-refractivity contribution in [3.63, 3.8) is 0 Å². The minimum atomic E-state index is 0.00710. The highest BCUT2D eigenvalue weighted by Crippen LogP contribution is 2.26. The van der Waals surface area contributed by atoms with Crippen LogP contribution in [0.15, 0.2) is 12.1 Å². The molecule has 0 amide bonds. The molecule has 1 aromatic rings. The van der Waals surface area contributed by atoms with Crippen LogP contribution in [0.2, 0.25) is 0 Å². The van der Waals surface area contributed by atoms with Crippen LogP contribution >= 0.6 is 0 Å². The van der Waals surface area contributed by atoms with Gasteiger partial charge in [0, 0.05) is 18.8 Å². The molecule has 1 fully saturated rings. The summed E-state index contributed by atoms with van der Waals surface area (Å²) in [6.07, 6.45) is 1.16. The van der Waals surface area contributed by atoms with Crippen LogP contribution in [0.3, 0.4) is 0 Å². The van der Waals surface area contributed by atoms with Crippen LogP contribution in [-0.4, -0.2) is 36.8 Å². The molecule has 4 heteroatoms. The van der Waals surface area contributed by atoms with E-state index in [0.717, 1.165) is 50.8 Å². The third-order valence-corrected chi connectivity index (χ3v) is 3.68. The van der Waals surface area contributed by atoms with Crippen molar-refractivity contribution >= 4 is 5.82 Å². The summed E-state index contributed by atoms with van der Waals surface area (Å²) in [4.78, 5) is 7.09. The zero-order valence-electron chi connectivity index (χ0n) is 13.2. The average Bonchev–Trinajstić information content (AvgIpc) is 2.38. The third kappa shape index (κ3) is 3.70. The molecule has 0 atom stereocenters. The van der Waals surface area contributed by atoms with Crippen molar-refractivity contribution < 1.29 is 4.74 Å². The van der Waals surface area contributed by atoms with Crippen molar-refractivity contribution in [2.75, 3.05) is 31.2 Å². The maximum atomic E-state index is 5.59. The first-order valence-corrected chi connectivity index (χ1v) is 7.56. The van der Waals surface area contributed by atoms with Gasteiger partial charge in [0.1, 0.15) is 5.82 Å². The van der Waals surface area contributed by atoms with E-state index in [1.165, 1.54) is 5.56 Å². The Kier molecular flexibility index (Phi) is 5.00. The molecule has 1 N–H and O–H groups in total. The lowest BCUT2D eigenvalue weighted by atomic mass is 10.0. The fourth-order valence-electron chi connectivity index (χ4n) is 2.65. The highest BCUT2D eigenvalue weighted by atomic mass is 16.5. The highest BCUT2D eigenvalue weighted by Gasteiger charge is 2.31. The summed E-state index contributed by atoms with van der Waals surface area (Å²) < 4.78 is 5.59. The van der Waals surface area contributed by atoms with Gasteiger partial charge in [-0.3, -0.25) is 0 Å². The number of rotatable bonds is 5. The van der Waals surface area contributed by atoms with Crippen LogP contribution in [0.25, 0.3) is 0 Å². The second-order valence-electron chi connectivity index (χ2n) is 6.17. The minimum absolute atomic E-state index is 0.00710. The van der Waals surface area contributed by atoms with E-state index >= 15 is 0 Å². The number of pyridine rings is 1. The maximum Gasteiger partial charge on any atom is 0.129 e. The molecule has 1 aliphatic rings. The van der Waals surface area contributed by atoms with Crippen LogP contribution in [0.1, 0.15) is 38.4 Å². The van der Waals surface area contributed by atoms with Gasteiger partial charge in [0.2, 0.25) is 0 Å². The molecule has 0 saturated carbocycles. The summed E-state index contributed by atoms with van der Waals surface area (Å²) in [5.74, 6) is 1.08. The molecule has 0 bridgehead atoms. The molecule has 0 aromatic carbocycles. The zero-order valence-corrected chi connectivity index (χ0v) is 13.2. The predicted molar refractivity (Wildman–Crippen MR) is 83.2 cm³/mol. The first kappa shape index (κ1) is 15.3. The summed E-state index contributed by atoms with van der Waals surface area (Å²) in [5.41, 5.74) is 2.40. The van der Waals surface area contributed by atoms with E-state index in [9.17, 15) is 0 Å². The standard InChI is InChI=1S/C16H27N3O/c1-5-6-17-11-14-9-13(2)18-15(10-14)19-7-8-20-12-16(19,3)4/h9-10,17H,5-8,11-12H2,1-4H3. The van der Waals surface area contributed by atoms with E-state index < -0.39 is 0 Å². The molecule has 0 radical (unpaired) electrons. The quantitative estimate of drug-likeness (QED) is 0.839. The summed E-state index contributed by atoms with van der Waals surface area (Å²) in [6, 6.07) is 4.38. The van der Waals surface area contributed by atoms with E-state index in [2.05, 4.69) is 50.0 Å². The molecule has 2 rings (SSSR count). The van der Waals surface area contributed by atoms with Gasteiger partial charge in [-0.1, -0.05) is 6.92 Å². The monoisotopic (exact) mass is 277 g/mol. The van der Waals surface area contributed by atoms with Gasteiger partial charge in [-0.25, -0.2) is 4.98 Å². The molecule has 1 saturated heterocycles. The minimum Gasteiger partial charge on any atom is -0.377 e. The highest BCUT2D eigenvalue weighted by molar-refractivity contribution is 5.45. The number of morpholine rings is 1. The Balaban J connectivity index is 2.18. The van der Waals surface area contributed by atoms with Gasteiger partial charge in [0.25, 0.3) is 0 Å². The summed E-state index contributed by atoms with van der Waals surface area (Å²) in [6.45, 7) is 13.1.